The van der Waals surface area contributed by atoms with Crippen molar-refractivity contribution < 1.29 is 9.47 Å². The number of ether oxygens (including phenoxy) is 2. The van der Waals surface area contributed by atoms with Gasteiger partial charge in [-0.1, -0.05) is 19.3 Å². The molecule has 0 spiro atoms. The SMILES string of the molecule is CC(C)Oc1nc(N)nc(OCCC2CCC2)n1. The van der Waals surface area contributed by atoms with Gasteiger partial charge in [0.2, 0.25) is 5.95 Å². The van der Waals surface area contributed by atoms with Crippen LogP contribution in [-0.4, -0.2) is 27.7 Å². The first-order valence-electron chi connectivity index (χ1n) is 6.44. The number of rotatable bonds is 6. The fourth-order valence-electron chi connectivity index (χ4n) is 1.78. The van der Waals surface area contributed by atoms with Crippen LogP contribution < -0.4 is 15.2 Å². The summed E-state index contributed by atoms with van der Waals surface area (Å²) in [7, 11) is 0. The lowest BCUT2D eigenvalue weighted by atomic mass is 9.83. The van der Waals surface area contributed by atoms with Crippen LogP contribution in [0.4, 0.5) is 5.95 Å². The van der Waals surface area contributed by atoms with E-state index < -0.39 is 0 Å². The van der Waals surface area contributed by atoms with E-state index in [4.69, 9.17) is 15.2 Å². The minimum absolute atomic E-state index is 0.00498. The van der Waals surface area contributed by atoms with Crippen molar-refractivity contribution in [2.75, 3.05) is 12.3 Å². The predicted octanol–water partition coefficient (Wildman–Crippen LogP) is 1.81. The molecule has 0 radical (unpaired) electrons. The quantitative estimate of drug-likeness (QED) is 0.831. The number of nitrogen functional groups attached to an aromatic ring is 1. The average molecular weight is 252 g/mol. The molecule has 1 aliphatic rings. The molecule has 0 aliphatic heterocycles. The highest BCUT2D eigenvalue weighted by Crippen LogP contribution is 2.29. The zero-order chi connectivity index (χ0) is 13.0. The standard InChI is InChI=1S/C12H20N4O2/c1-8(2)18-12-15-10(13)14-11(16-12)17-7-6-9-4-3-5-9/h8-9H,3-7H2,1-2H3,(H2,13,14,15,16). The normalized spacial score (nSPS) is 15.5. The highest BCUT2D eigenvalue weighted by Gasteiger charge is 2.17. The van der Waals surface area contributed by atoms with E-state index in [1.165, 1.54) is 19.3 Å². The summed E-state index contributed by atoms with van der Waals surface area (Å²) in [5, 5.41) is 0. The van der Waals surface area contributed by atoms with E-state index in [2.05, 4.69) is 15.0 Å². The molecule has 1 aromatic heterocycles. The van der Waals surface area contributed by atoms with Gasteiger partial charge in [-0.25, -0.2) is 0 Å². The fraction of sp³-hybridized carbons (Fsp3) is 0.750. The maximum atomic E-state index is 5.58. The van der Waals surface area contributed by atoms with Crippen LogP contribution in [0.5, 0.6) is 12.0 Å². The molecule has 1 saturated carbocycles. The summed E-state index contributed by atoms with van der Waals surface area (Å²) in [6.07, 6.45) is 5.01. The van der Waals surface area contributed by atoms with Crippen LogP contribution in [0.25, 0.3) is 0 Å². The van der Waals surface area contributed by atoms with Crippen LogP contribution in [0.15, 0.2) is 0 Å². The molecule has 6 nitrogen and oxygen atoms in total. The lowest BCUT2D eigenvalue weighted by molar-refractivity contribution is 0.197. The topological polar surface area (TPSA) is 83.2 Å². The van der Waals surface area contributed by atoms with Gasteiger partial charge in [0.1, 0.15) is 0 Å². The van der Waals surface area contributed by atoms with Crippen LogP contribution in [-0.2, 0) is 0 Å². The Bertz CT molecular complexity index is 394. The van der Waals surface area contributed by atoms with Crippen molar-refractivity contribution in [1.29, 1.82) is 0 Å². The maximum Gasteiger partial charge on any atom is 0.324 e. The van der Waals surface area contributed by atoms with Crippen LogP contribution in [0.1, 0.15) is 39.5 Å². The van der Waals surface area contributed by atoms with Gasteiger partial charge in [0.05, 0.1) is 12.7 Å². The molecular formula is C12H20N4O2. The number of hydrogen-bond donors (Lipinski definition) is 1. The van der Waals surface area contributed by atoms with Gasteiger partial charge in [-0.15, -0.1) is 4.98 Å². The van der Waals surface area contributed by atoms with Gasteiger partial charge in [-0.2, -0.15) is 9.97 Å². The Labute approximate surface area is 107 Å². The highest BCUT2D eigenvalue weighted by molar-refractivity contribution is 5.20. The van der Waals surface area contributed by atoms with E-state index in [1.807, 2.05) is 13.8 Å². The molecule has 100 valence electrons. The van der Waals surface area contributed by atoms with E-state index in [0.717, 1.165) is 12.3 Å². The minimum Gasteiger partial charge on any atom is -0.463 e. The number of aromatic nitrogens is 3. The molecule has 0 aromatic carbocycles. The van der Waals surface area contributed by atoms with Crippen molar-refractivity contribution in [1.82, 2.24) is 15.0 Å². The Morgan fingerprint density at radius 1 is 1.22 bits per heavy atom. The van der Waals surface area contributed by atoms with E-state index in [1.54, 1.807) is 0 Å². The van der Waals surface area contributed by atoms with Crippen molar-refractivity contribution in [3.63, 3.8) is 0 Å². The highest BCUT2D eigenvalue weighted by atomic mass is 16.5. The maximum absolute atomic E-state index is 5.58. The van der Waals surface area contributed by atoms with Crippen LogP contribution >= 0.6 is 0 Å². The second-order valence-electron chi connectivity index (χ2n) is 4.86. The first-order chi connectivity index (χ1) is 8.63. The molecule has 1 heterocycles. The predicted molar refractivity (Wildman–Crippen MR) is 67.5 cm³/mol. The lowest BCUT2D eigenvalue weighted by Crippen LogP contribution is -2.16. The summed E-state index contributed by atoms with van der Waals surface area (Å²) in [4.78, 5) is 11.9. The minimum atomic E-state index is -0.00498. The second kappa shape index (κ2) is 5.84. The molecule has 0 atom stereocenters. The first kappa shape index (κ1) is 12.9. The van der Waals surface area contributed by atoms with E-state index in [0.29, 0.717) is 6.61 Å². The molecule has 1 fully saturated rings. The Morgan fingerprint density at radius 3 is 2.56 bits per heavy atom. The molecule has 0 amide bonds. The van der Waals surface area contributed by atoms with Crippen LogP contribution in [0.3, 0.4) is 0 Å². The van der Waals surface area contributed by atoms with E-state index in [-0.39, 0.29) is 24.1 Å². The summed E-state index contributed by atoms with van der Waals surface area (Å²) in [5.74, 6) is 0.926. The third-order valence-electron chi connectivity index (χ3n) is 2.93. The van der Waals surface area contributed by atoms with E-state index >= 15 is 0 Å². The Morgan fingerprint density at radius 2 is 1.94 bits per heavy atom. The second-order valence-corrected chi connectivity index (χ2v) is 4.86. The van der Waals surface area contributed by atoms with E-state index in [9.17, 15) is 0 Å². The number of nitrogens with two attached hydrogens (primary N) is 1. The molecular weight excluding hydrogens is 232 g/mol. The number of anilines is 1. The summed E-state index contributed by atoms with van der Waals surface area (Å²) in [6, 6.07) is 0.466. The zero-order valence-corrected chi connectivity index (χ0v) is 10.9. The zero-order valence-electron chi connectivity index (χ0n) is 10.9. The van der Waals surface area contributed by atoms with Gasteiger partial charge in [0, 0.05) is 0 Å². The van der Waals surface area contributed by atoms with Crippen molar-refractivity contribution in [2.45, 2.75) is 45.6 Å². The van der Waals surface area contributed by atoms with Gasteiger partial charge >= 0.3 is 12.0 Å². The number of nitrogens with zero attached hydrogens (tertiary/aromatic N) is 3. The smallest absolute Gasteiger partial charge is 0.324 e. The van der Waals surface area contributed by atoms with Crippen molar-refractivity contribution in [3.8, 4) is 12.0 Å². The summed E-state index contributed by atoms with van der Waals surface area (Å²) < 4.78 is 10.9. The summed E-state index contributed by atoms with van der Waals surface area (Å²) in [5.41, 5.74) is 5.58. The molecule has 0 saturated heterocycles. The Balaban J connectivity index is 1.87. The van der Waals surface area contributed by atoms with Gasteiger partial charge in [0.15, 0.2) is 0 Å². The van der Waals surface area contributed by atoms with Gasteiger partial charge in [-0.3, -0.25) is 0 Å². The molecule has 18 heavy (non-hydrogen) atoms. The average Bonchev–Trinajstić information content (AvgIpc) is 2.19. The molecule has 0 unspecified atom stereocenters. The third-order valence-corrected chi connectivity index (χ3v) is 2.93. The van der Waals surface area contributed by atoms with Crippen LogP contribution in [0, 0.1) is 5.92 Å². The molecule has 6 heteroatoms. The lowest BCUT2D eigenvalue weighted by Gasteiger charge is -2.24. The van der Waals surface area contributed by atoms with Gasteiger partial charge in [-0.05, 0) is 26.2 Å². The van der Waals surface area contributed by atoms with Gasteiger partial charge < -0.3 is 15.2 Å². The Kier molecular flexibility index (Phi) is 4.17. The molecule has 1 aliphatic carbocycles. The fourth-order valence-corrected chi connectivity index (χ4v) is 1.78. The first-order valence-corrected chi connectivity index (χ1v) is 6.44. The van der Waals surface area contributed by atoms with Crippen LogP contribution in [0.2, 0.25) is 0 Å². The third kappa shape index (κ3) is 3.72. The largest absolute Gasteiger partial charge is 0.463 e. The summed E-state index contributed by atoms with van der Waals surface area (Å²) in [6.45, 7) is 4.42. The van der Waals surface area contributed by atoms with Gasteiger partial charge in [0.25, 0.3) is 0 Å². The molecule has 2 N–H and O–H groups in total. The number of hydrogen-bond acceptors (Lipinski definition) is 6. The molecule has 2 rings (SSSR count). The van der Waals surface area contributed by atoms with Crippen molar-refractivity contribution in [2.24, 2.45) is 5.92 Å². The van der Waals surface area contributed by atoms with Crippen molar-refractivity contribution in [3.05, 3.63) is 0 Å². The summed E-state index contributed by atoms with van der Waals surface area (Å²) >= 11 is 0. The molecule has 1 aromatic rings. The monoisotopic (exact) mass is 252 g/mol. The Hall–Kier alpha value is -1.59. The molecule has 0 bridgehead atoms. The van der Waals surface area contributed by atoms with Crippen molar-refractivity contribution >= 4 is 5.95 Å².